The predicted molar refractivity (Wildman–Crippen MR) is 77.3 cm³/mol. The van der Waals surface area contributed by atoms with Crippen molar-refractivity contribution in [1.82, 2.24) is 5.32 Å². The Bertz CT molecular complexity index is 335. The molecule has 17 heavy (non-hydrogen) atoms. The summed E-state index contributed by atoms with van der Waals surface area (Å²) in [7, 11) is 0. The van der Waals surface area contributed by atoms with Crippen LogP contribution in [0.15, 0.2) is 30.3 Å². The van der Waals surface area contributed by atoms with Crippen molar-refractivity contribution in [3.05, 3.63) is 41.5 Å². The third kappa shape index (κ3) is 5.18. The molecule has 1 rings (SSSR count). The lowest BCUT2D eigenvalue weighted by molar-refractivity contribution is 0.625. The highest BCUT2D eigenvalue weighted by molar-refractivity contribution is 5.50. The third-order valence-corrected chi connectivity index (χ3v) is 2.90. The number of nitrogens with one attached hydrogen (secondary N) is 1. The fourth-order valence-electron chi connectivity index (χ4n) is 1.69. The Kier molecular flexibility index (Phi) is 5.99. The summed E-state index contributed by atoms with van der Waals surface area (Å²) in [5, 5.41) is 3.45. The molecular formula is C16H25N. The van der Waals surface area contributed by atoms with E-state index in [-0.39, 0.29) is 0 Å². The van der Waals surface area contributed by atoms with Crippen LogP contribution >= 0.6 is 0 Å². The van der Waals surface area contributed by atoms with Crippen LogP contribution in [-0.4, -0.2) is 12.6 Å². The molecule has 0 radical (unpaired) electrons. The van der Waals surface area contributed by atoms with Gasteiger partial charge in [0.2, 0.25) is 0 Å². The first kappa shape index (κ1) is 14.0. The van der Waals surface area contributed by atoms with Crippen LogP contribution in [-0.2, 0) is 0 Å². The van der Waals surface area contributed by atoms with E-state index in [4.69, 9.17) is 0 Å². The highest BCUT2D eigenvalue weighted by Gasteiger charge is 1.98. The van der Waals surface area contributed by atoms with Crippen LogP contribution < -0.4 is 5.32 Å². The fraction of sp³-hybridized carbons (Fsp3) is 0.500. The van der Waals surface area contributed by atoms with E-state index >= 15 is 0 Å². The van der Waals surface area contributed by atoms with E-state index < -0.39 is 0 Å². The summed E-state index contributed by atoms with van der Waals surface area (Å²) >= 11 is 0. The molecule has 0 heterocycles. The minimum atomic E-state index is 0.444. The second kappa shape index (κ2) is 7.29. The number of benzene rings is 1. The van der Waals surface area contributed by atoms with Crippen molar-refractivity contribution >= 4 is 6.08 Å². The molecule has 94 valence electrons. The molecule has 0 aliphatic carbocycles. The average Bonchev–Trinajstić information content (AvgIpc) is 2.34. The van der Waals surface area contributed by atoms with Crippen molar-refractivity contribution in [3.63, 3.8) is 0 Å². The van der Waals surface area contributed by atoms with Crippen LogP contribution in [0.3, 0.4) is 0 Å². The van der Waals surface area contributed by atoms with Crippen molar-refractivity contribution in [1.29, 1.82) is 0 Å². The van der Waals surface area contributed by atoms with Crippen LogP contribution in [0.1, 0.15) is 51.2 Å². The molecule has 0 spiro atoms. The summed E-state index contributed by atoms with van der Waals surface area (Å²) in [5.74, 6) is 0.609. The summed E-state index contributed by atoms with van der Waals surface area (Å²) < 4.78 is 0. The van der Waals surface area contributed by atoms with E-state index in [9.17, 15) is 0 Å². The summed E-state index contributed by atoms with van der Waals surface area (Å²) in [6.07, 6.45) is 5.60. The van der Waals surface area contributed by atoms with E-state index in [1.54, 1.807) is 0 Å². The Morgan fingerprint density at radius 3 is 2.29 bits per heavy atom. The summed E-state index contributed by atoms with van der Waals surface area (Å²) in [6.45, 7) is 9.91. The van der Waals surface area contributed by atoms with Gasteiger partial charge in [-0.15, -0.1) is 0 Å². The monoisotopic (exact) mass is 231 g/mol. The van der Waals surface area contributed by atoms with Gasteiger partial charge in [0.25, 0.3) is 0 Å². The van der Waals surface area contributed by atoms with Crippen molar-refractivity contribution in [2.24, 2.45) is 0 Å². The Morgan fingerprint density at radius 1 is 1.12 bits per heavy atom. The summed E-state index contributed by atoms with van der Waals surface area (Å²) in [5.41, 5.74) is 2.68. The van der Waals surface area contributed by atoms with Gasteiger partial charge in [0.15, 0.2) is 0 Å². The van der Waals surface area contributed by atoms with E-state index in [2.05, 4.69) is 69.4 Å². The maximum Gasteiger partial charge on any atom is 0.0224 e. The van der Waals surface area contributed by atoms with Gasteiger partial charge < -0.3 is 5.32 Å². The molecule has 1 nitrogen and oxygen atoms in total. The van der Waals surface area contributed by atoms with Crippen molar-refractivity contribution in [3.8, 4) is 0 Å². The summed E-state index contributed by atoms with van der Waals surface area (Å²) in [4.78, 5) is 0. The number of hydrogen-bond acceptors (Lipinski definition) is 1. The molecule has 1 aromatic carbocycles. The van der Waals surface area contributed by atoms with E-state index in [1.807, 2.05) is 0 Å². The van der Waals surface area contributed by atoms with Gasteiger partial charge >= 0.3 is 0 Å². The third-order valence-electron chi connectivity index (χ3n) is 2.90. The number of rotatable bonds is 6. The van der Waals surface area contributed by atoms with Gasteiger partial charge in [-0.05, 0) is 36.9 Å². The number of hydrogen-bond donors (Lipinski definition) is 1. The molecule has 0 aliphatic heterocycles. The maximum atomic E-state index is 3.45. The molecule has 1 N–H and O–H groups in total. The molecule has 0 bridgehead atoms. The highest BCUT2D eigenvalue weighted by Crippen LogP contribution is 2.15. The lowest BCUT2D eigenvalue weighted by Gasteiger charge is -2.08. The molecule has 1 aromatic rings. The highest BCUT2D eigenvalue weighted by atomic mass is 14.9. The van der Waals surface area contributed by atoms with Gasteiger partial charge in [-0.1, -0.05) is 57.2 Å². The normalized spacial score (nSPS) is 13.5. The molecule has 0 saturated heterocycles. The van der Waals surface area contributed by atoms with Crippen molar-refractivity contribution in [2.45, 2.75) is 46.1 Å². The second-order valence-electron chi connectivity index (χ2n) is 4.92. The standard InChI is InChI=1S/C16H25N/c1-5-12-17-14(4)6-7-15-8-10-16(11-9-15)13(2)3/h6-11,13-14,17H,5,12H2,1-4H3/b7-6+. The first-order valence-corrected chi connectivity index (χ1v) is 6.65. The van der Waals surface area contributed by atoms with Crippen LogP contribution in [0.2, 0.25) is 0 Å². The molecule has 0 aliphatic rings. The topological polar surface area (TPSA) is 12.0 Å². The molecular weight excluding hydrogens is 206 g/mol. The lowest BCUT2D eigenvalue weighted by atomic mass is 10.0. The molecule has 1 atom stereocenters. The summed E-state index contributed by atoms with van der Waals surface area (Å²) in [6, 6.07) is 9.26. The van der Waals surface area contributed by atoms with Crippen molar-refractivity contribution in [2.75, 3.05) is 6.54 Å². The first-order valence-electron chi connectivity index (χ1n) is 6.65. The van der Waals surface area contributed by atoms with Crippen LogP contribution in [0, 0.1) is 0 Å². The molecule has 1 heteroatoms. The smallest absolute Gasteiger partial charge is 0.0224 e. The Labute approximate surface area is 106 Å². The Morgan fingerprint density at radius 2 is 1.76 bits per heavy atom. The second-order valence-corrected chi connectivity index (χ2v) is 4.92. The lowest BCUT2D eigenvalue weighted by Crippen LogP contribution is -2.24. The van der Waals surface area contributed by atoms with Gasteiger partial charge in [-0.25, -0.2) is 0 Å². The largest absolute Gasteiger partial charge is 0.311 e. The zero-order valence-electron chi connectivity index (χ0n) is 11.5. The minimum Gasteiger partial charge on any atom is -0.311 e. The van der Waals surface area contributed by atoms with E-state index in [1.165, 1.54) is 17.5 Å². The predicted octanol–water partition coefficient (Wildman–Crippen LogP) is 4.21. The van der Waals surface area contributed by atoms with E-state index in [0.717, 1.165) is 6.54 Å². The van der Waals surface area contributed by atoms with Gasteiger partial charge in [0.1, 0.15) is 0 Å². The maximum absolute atomic E-state index is 3.45. The van der Waals surface area contributed by atoms with Gasteiger partial charge in [0, 0.05) is 6.04 Å². The van der Waals surface area contributed by atoms with Crippen molar-refractivity contribution < 1.29 is 0 Å². The van der Waals surface area contributed by atoms with Crippen LogP contribution in [0.4, 0.5) is 0 Å². The molecule has 0 aromatic heterocycles. The molecule has 0 fully saturated rings. The average molecular weight is 231 g/mol. The van der Waals surface area contributed by atoms with Crippen LogP contribution in [0.5, 0.6) is 0 Å². The minimum absolute atomic E-state index is 0.444. The van der Waals surface area contributed by atoms with Gasteiger partial charge in [0.05, 0.1) is 0 Å². The SMILES string of the molecule is CCCNC(C)/C=C/c1ccc(C(C)C)cc1. The zero-order valence-corrected chi connectivity index (χ0v) is 11.5. The zero-order chi connectivity index (χ0) is 12.7. The van der Waals surface area contributed by atoms with E-state index in [0.29, 0.717) is 12.0 Å². The Balaban J connectivity index is 2.53. The Hall–Kier alpha value is -1.08. The molecule has 0 amide bonds. The molecule has 1 unspecified atom stereocenters. The van der Waals surface area contributed by atoms with Gasteiger partial charge in [-0.3, -0.25) is 0 Å². The van der Waals surface area contributed by atoms with Gasteiger partial charge in [-0.2, -0.15) is 0 Å². The van der Waals surface area contributed by atoms with Crippen LogP contribution in [0.25, 0.3) is 6.08 Å². The quantitative estimate of drug-likeness (QED) is 0.773. The fourth-order valence-corrected chi connectivity index (χ4v) is 1.69. The first-order chi connectivity index (χ1) is 8.13. The molecule has 0 saturated carbocycles.